The highest BCUT2D eigenvalue weighted by atomic mass is 16.5. The summed E-state index contributed by atoms with van der Waals surface area (Å²) in [7, 11) is 1.35. The van der Waals surface area contributed by atoms with Crippen molar-refractivity contribution in [3.05, 3.63) is 29.3 Å². The number of benzene rings is 1. The predicted molar refractivity (Wildman–Crippen MR) is 61.4 cm³/mol. The van der Waals surface area contributed by atoms with Gasteiger partial charge in [-0.2, -0.15) is 0 Å². The Balaban J connectivity index is 3.01. The van der Waals surface area contributed by atoms with E-state index in [0.29, 0.717) is 17.9 Å². The number of hydrogen-bond acceptors (Lipinski definition) is 4. The second kappa shape index (κ2) is 5.51. The quantitative estimate of drug-likeness (QED) is 0.789. The fourth-order valence-corrected chi connectivity index (χ4v) is 1.35. The number of nitrogens with two attached hydrogens (primary N) is 1. The Bertz CT molecular complexity index is 375. The van der Waals surface area contributed by atoms with Gasteiger partial charge in [-0.15, -0.1) is 0 Å². The molecule has 1 aromatic carbocycles. The van der Waals surface area contributed by atoms with E-state index in [1.165, 1.54) is 7.11 Å². The summed E-state index contributed by atoms with van der Waals surface area (Å²) in [6, 6.07) is 5.11. The lowest BCUT2D eigenvalue weighted by atomic mass is 10.1. The second-order valence-corrected chi connectivity index (χ2v) is 3.68. The van der Waals surface area contributed by atoms with Crippen LogP contribution in [-0.2, 0) is 11.3 Å². The summed E-state index contributed by atoms with van der Waals surface area (Å²) in [4.78, 5) is 11.3. The first kappa shape index (κ1) is 12.5. The number of methoxy groups -OCH3 is 1. The van der Waals surface area contributed by atoms with E-state index in [2.05, 4.69) is 4.74 Å². The Morgan fingerprint density at radius 3 is 2.62 bits per heavy atom. The summed E-state index contributed by atoms with van der Waals surface area (Å²) in [6.45, 7) is 4.20. The molecule has 0 radical (unpaired) electrons. The number of rotatable bonds is 4. The van der Waals surface area contributed by atoms with Gasteiger partial charge in [-0.25, -0.2) is 4.79 Å². The number of carbonyl (C=O) groups is 1. The van der Waals surface area contributed by atoms with Crippen molar-refractivity contribution in [1.82, 2.24) is 0 Å². The van der Waals surface area contributed by atoms with Crippen molar-refractivity contribution in [3.8, 4) is 5.75 Å². The fraction of sp³-hybridized carbons (Fsp3) is 0.417. The molecular weight excluding hydrogens is 206 g/mol. The third-order valence-electron chi connectivity index (χ3n) is 2.06. The van der Waals surface area contributed by atoms with Crippen LogP contribution in [0.3, 0.4) is 0 Å². The number of ether oxygens (including phenoxy) is 2. The van der Waals surface area contributed by atoms with Crippen LogP contribution in [0.5, 0.6) is 5.75 Å². The van der Waals surface area contributed by atoms with Gasteiger partial charge in [0.25, 0.3) is 0 Å². The first-order valence-electron chi connectivity index (χ1n) is 5.16. The highest BCUT2D eigenvalue weighted by Crippen LogP contribution is 2.21. The van der Waals surface area contributed by atoms with Crippen molar-refractivity contribution in [2.45, 2.75) is 26.5 Å². The summed E-state index contributed by atoms with van der Waals surface area (Å²) < 4.78 is 10.2. The first-order chi connectivity index (χ1) is 7.58. The Morgan fingerprint density at radius 1 is 1.44 bits per heavy atom. The molecule has 0 amide bonds. The molecule has 4 nitrogen and oxygen atoms in total. The van der Waals surface area contributed by atoms with Gasteiger partial charge in [-0.05, 0) is 32.0 Å². The zero-order valence-corrected chi connectivity index (χ0v) is 9.82. The van der Waals surface area contributed by atoms with Crippen LogP contribution in [0.1, 0.15) is 29.8 Å². The van der Waals surface area contributed by atoms with Crippen molar-refractivity contribution in [2.24, 2.45) is 5.73 Å². The molecule has 0 spiro atoms. The van der Waals surface area contributed by atoms with E-state index in [4.69, 9.17) is 10.5 Å². The zero-order valence-electron chi connectivity index (χ0n) is 9.82. The maximum absolute atomic E-state index is 11.3. The number of esters is 1. The van der Waals surface area contributed by atoms with E-state index < -0.39 is 0 Å². The van der Waals surface area contributed by atoms with Gasteiger partial charge in [0.15, 0.2) is 0 Å². The molecule has 0 aromatic heterocycles. The summed E-state index contributed by atoms with van der Waals surface area (Å²) in [5, 5.41) is 0. The molecule has 0 unspecified atom stereocenters. The summed E-state index contributed by atoms with van der Waals surface area (Å²) in [5.41, 5.74) is 6.89. The highest BCUT2D eigenvalue weighted by Gasteiger charge is 2.10. The second-order valence-electron chi connectivity index (χ2n) is 3.68. The molecular formula is C12H17NO3. The average Bonchev–Trinajstić information content (AvgIpc) is 2.27. The van der Waals surface area contributed by atoms with E-state index in [0.717, 1.165) is 5.56 Å². The van der Waals surface area contributed by atoms with Crippen molar-refractivity contribution in [1.29, 1.82) is 0 Å². The van der Waals surface area contributed by atoms with E-state index in [-0.39, 0.29) is 12.1 Å². The minimum atomic E-state index is -0.370. The molecule has 0 atom stereocenters. The van der Waals surface area contributed by atoms with Gasteiger partial charge in [0, 0.05) is 12.1 Å². The van der Waals surface area contributed by atoms with Gasteiger partial charge in [-0.3, -0.25) is 0 Å². The highest BCUT2D eigenvalue weighted by molar-refractivity contribution is 5.89. The van der Waals surface area contributed by atoms with E-state index in [9.17, 15) is 4.79 Å². The van der Waals surface area contributed by atoms with Gasteiger partial charge in [0.1, 0.15) is 5.75 Å². The van der Waals surface area contributed by atoms with Crippen molar-refractivity contribution < 1.29 is 14.3 Å². The summed E-state index contributed by atoms with van der Waals surface area (Å²) in [6.07, 6.45) is 0.0780. The topological polar surface area (TPSA) is 61.5 Å². The van der Waals surface area contributed by atoms with Crippen LogP contribution in [0.25, 0.3) is 0 Å². The normalized spacial score (nSPS) is 10.3. The third-order valence-corrected chi connectivity index (χ3v) is 2.06. The lowest BCUT2D eigenvalue weighted by Gasteiger charge is -2.14. The van der Waals surface area contributed by atoms with Crippen LogP contribution in [0.4, 0.5) is 0 Å². The monoisotopic (exact) mass is 223 g/mol. The van der Waals surface area contributed by atoms with Crippen LogP contribution in [0.15, 0.2) is 18.2 Å². The van der Waals surface area contributed by atoms with Crippen LogP contribution < -0.4 is 10.5 Å². The average molecular weight is 223 g/mol. The Morgan fingerprint density at radius 2 is 2.12 bits per heavy atom. The van der Waals surface area contributed by atoms with Crippen LogP contribution >= 0.6 is 0 Å². The molecule has 0 aliphatic carbocycles. The van der Waals surface area contributed by atoms with Crippen LogP contribution in [0.2, 0.25) is 0 Å². The van der Waals surface area contributed by atoms with E-state index in [1.807, 2.05) is 13.8 Å². The lowest BCUT2D eigenvalue weighted by Crippen LogP contribution is -2.11. The molecule has 16 heavy (non-hydrogen) atoms. The molecule has 1 aromatic rings. The standard InChI is InChI=1S/C12H17NO3/c1-8(2)16-11-5-4-9(12(14)15-3)6-10(11)7-13/h4-6,8H,7,13H2,1-3H3. The Hall–Kier alpha value is -1.55. The molecule has 0 saturated carbocycles. The Kier molecular flexibility index (Phi) is 4.31. The first-order valence-corrected chi connectivity index (χ1v) is 5.16. The van der Waals surface area contributed by atoms with Crippen LogP contribution in [-0.4, -0.2) is 19.2 Å². The smallest absolute Gasteiger partial charge is 0.337 e. The predicted octanol–water partition coefficient (Wildman–Crippen LogP) is 1.72. The number of carbonyl (C=O) groups excluding carboxylic acids is 1. The van der Waals surface area contributed by atoms with Crippen molar-refractivity contribution in [3.63, 3.8) is 0 Å². The van der Waals surface area contributed by atoms with Crippen LogP contribution in [0, 0.1) is 0 Å². The molecule has 2 N–H and O–H groups in total. The molecule has 0 heterocycles. The maximum atomic E-state index is 11.3. The van der Waals surface area contributed by atoms with Gasteiger partial charge in [-0.1, -0.05) is 0 Å². The van der Waals surface area contributed by atoms with Gasteiger partial charge >= 0.3 is 5.97 Å². The van der Waals surface area contributed by atoms with E-state index in [1.54, 1.807) is 18.2 Å². The zero-order chi connectivity index (χ0) is 12.1. The minimum Gasteiger partial charge on any atom is -0.491 e. The van der Waals surface area contributed by atoms with E-state index >= 15 is 0 Å². The summed E-state index contributed by atoms with van der Waals surface area (Å²) >= 11 is 0. The molecule has 0 fully saturated rings. The number of hydrogen-bond donors (Lipinski definition) is 1. The van der Waals surface area contributed by atoms with Gasteiger partial charge in [0.05, 0.1) is 18.8 Å². The van der Waals surface area contributed by atoms with Crippen molar-refractivity contribution >= 4 is 5.97 Å². The summed E-state index contributed by atoms with van der Waals surface area (Å²) in [5.74, 6) is 0.343. The molecule has 0 aliphatic heterocycles. The largest absolute Gasteiger partial charge is 0.491 e. The molecule has 1 rings (SSSR count). The molecule has 88 valence electrons. The Labute approximate surface area is 95.3 Å². The molecule has 4 heteroatoms. The maximum Gasteiger partial charge on any atom is 0.337 e. The third kappa shape index (κ3) is 2.97. The minimum absolute atomic E-state index is 0.0780. The SMILES string of the molecule is COC(=O)c1ccc(OC(C)C)c(CN)c1. The fourth-order valence-electron chi connectivity index (χ4n) is 1.35. The molecule has 0 saturated heterocycles. The molecule has 0 aliphatic rings. The van der Waals surface area contributed by atoms with Crippen molar-refractivity contribution in [2.75, 3.05) is 7.11 Å². The van der Waals surface area contributed by atoms with Gasteiger partial charge in [0.2, 0.25) is 0 Å². The lowest BCUT2D eigenvalue weighted by molar-refractivity contribution is 0.0600. The van der Waals surface area contributed by atoms with Gasteiger partial charge < -0.3 is 15.2 Å². The molecule has 0 bridgehead atoms.